The lowest BCUT2D eigenvalue weighted by atomic mass is 10.1. The van der Waals surface area contributed by atoms with Crippen LogP contribution in [0.5, 0.6) is 5.88 Å². The summed E-state index contributed by atoms with van der Waals surface area (Å²) in [4.78, 5) is 18.5. The lowest BCUT2D eigenvalue weighted by Gasteiger charge is -2.21. The molecule has 23 heavy (non-hydrogen) atoms. The largest absolute Gasteiger partial charge is 0.472 e. The fourth-order valence-electron chi connectivity index (χ4n) is 2.81. The van der Waals surface area contributed by atoms with Crippen LogP contribution in [0.3, 0.4) is 0 Å². The molecule has 2 heterocycles. The topological polar surface area (TPSA) is 54.5 Å². The maximum Gasteiger partial charge on any atom is 0.253 e. The van der Waals surface area contributed by atoms with Gasteiger partial charge in [0, 0.05) is 38.0 Å². The van der Waals surface area contributed by atoms with Gasteiger partial charge in [-0.25, -0.2) is 4.98 Å². The van der Waals surface area contributed by atoms with E-state index in [-0.39, 0.29) is 12.0 Å². The van der Waals surface area contributed by atoms with Gasteiger partial charge in [0.15, 0.2) is 0 Å². The van der Waals surface area contributed by atoms with Crippen LogP contribution in [0.25, 0.3) is 0 Å². The number of nitrogens with zero attached hydrogens (tertiary/aromatic N) is 2. The molecule has 0 aliphatic carbocycles. The molecule has 1 saturated heterocycles. The first kappa shape index (κ1) is 15.3. The fourth-order valence-corrected chi connectivity index (χ4v) is 2.81. The number of hydrogen-bond donors (Lipinski definition) is 1. The zero-order chi connectivity index (χ0) is 16.2. The van der Waals surface area contributed by atoms with Gasteiger partial charge in [0.05, 0.1) is 12.1 Å². The summed E-state index contributed by atoms with van der Waals surface area (Å²) in [5, 5.41) is 2.69. The molecule has 1 aromatic heterocycles. The van der Waals surface area contributed by atoms with E-state index >= 15 is 0 Å². The number of pyridine rings is 1. The van der Waals surface area contributed by atoms with Crippen molar-refractivity contribution in [3.63, 3.8) is 0 Å². The van der Waals surface area contributed by atoms with Crippen molar-refractivity contribution in [2.45, 2.75) is 19.4 Å². The number of rotatable bonds is 4. The molecule has 2 aromatic rings. The summed E-state index contributed by atoms with van der Waals surface area (Å²) in [6.07, 6.45) is 2.81. The SMILES string of the molecule is CNC(=O)c1ccccc1N1CC[C@H](Oc2ccc(C)cn2)C1. The molecule has 5 heteroatoms. The van der Waals surface area contributed by atoms with Gasteiger partial charge in [-0.3, -0.25) is 4.79 Å². The van der Waals surface area contributed by atoms with Gasteiger partial charge in [-0.2, -0.15) is 0 Å². The van der Waals surface area contributed by atoms with Gasteiger partial charge < -0.3 is 15.0 Å². The highest BCUT2D eigenvalue weighted by Crippen LogP contribution is 2.26. The maximum atomic E-state index is 12.0. The zero-order valence-corrected chi connectivity index (χ0v) is 13.5. The summed E-state index contributed by atoms with van der Waals surface area (Å²) < 4.78 is 5.96. The van der Waals surface area contributed by atoms with Gasteiger partial charge in [-0.15, -0.1) is 0 Å². The van der Waals surface area contributed by atoms with Crippen molar-refractivity contribution in [1.82, 2.24) is 10.3 Å². The van der Waals surface area contributed by atoms with E-state index in [0.29, 0.717) is 11.4 Å². The summed E-state index contributed by atoms with van der Waals surface area (Å²) in [6, 6.07) is 11.6. The van der Waals surface area contributed by atoms with Gasteiger partial charge >= 0.3 is 0 Å². The standard InChI is InChI=1S/C18H21N3O2/c1-13-7-8-17(20-11-13)23-14-9-10-21(12-14)16-6-4-3-5-15(16)18(22)19-2/h3-8,11,14H,9-10,12H2,1-2H3,(H,19,22)/t14-/m0/s1. The minimum Gasteiger partial charge on any atom is -0.472 e. The van der Waals surface area contributed by atoms with Crippen molar-refractivity contribution in [2.75, 3.05) is 25.0 Å². The highest BCUT2D eigenvalue weighted by Gasteiger charge is 2.26. The lowest BCUT2D eigenvalue weighted by molar-refractivity contribution is 0.0963. The monoisotopic (exact) mass is 311 g/mol. The number of hydrogen-bond acceptors (Lipinski definition) is 4. The first-order valence-corrected chi connectivity index (χ1v) is 7.83. The first-order chi connectivity index (χ1) is 11.2. The predicted molar refractivity (Wildman–Crippen MR) is 90.1 cm³/mol. The Kier molecular flexibility index (Phi) is 4.46. The highest BCUT2D eigenvalue weighted by molar-refractivity contribution is 5.99. The van der Waals surface area contributed by atoms with Crippen LogP contribution in [-0.4, -0.2) is 37.1 Å². The van der Waals surface area contributed by atoms with Gasteiger partial charge in [-0.1, -0.05) is 18.2 Å². The molecule has 1 aliphatic heterocycles. The molecule has 1 N–H and O–H groups in total. The van der Waals surface area contributed by atoms with Gasteiger partial charge in [-0.05, 0) is 24.6 Å². The van der Waals surface area contributed by atoms with E-state index in [2.05, 4.69) is 15.2 Å². The number of carbonyl (C=O) groups excluding carboxylic acids is 1. The Labute approximate surface area is 136 Å². The Hall–Kier alpha value is -2.56. The smallest absolute Gasteiger partial charge is 0.253 e. The molecule has 0 radical (unpaired) electrons. The molecule has 0 saturated carbocycles. The fraction of sp³-hybridized carbons (Fsp3) is 0.333. The number of ether oxygens (including phenoxy) is 1. The molecule has 0 spiro atoms. The number of amides is 1. The summed E-state index contributed by atoms with van der Waals surface area (Å²) in [5.41, 5.74) is 2.77. The Bertz CT molecular complexity index is 685. The highest BCUT2D eigenvalue weighted by atomic mass is 16.5. The van der Waals surface area contributed by atoms with Crippen LogP contribution in [0.15, 0.2) is 42.6 Å². The third kappa shape index (κ3) is 3.44. The molecule has 120 valence electrons. The molecule has 1 aliphatic rings. The molecule has 1 aromatic carbocycles. The van der Waals surface area contributed by atoms with Crippen LogP contribution in [0.1, 0.15) is 22.3 Å². The average molecular weight is 311 g/mol. The predicted octanol–water partition coefficient (Wildman–Crippen LogP) is 2.41. The van der Waals surface area contributed by atoms with E-state index in [1.54, 1.807) is 7.05 Å². The van der Waals surface area contributed by atoms with Crippen LogP contribution in [0.4, 0.5) is 5.69 Å². The lowest BCUT2D eigenvalue weighted by Crippen LogP contribution is -2.28. The third-order valence-electron chi connectivity index (χ3n) is 4.03. The van der Waals surface area contributed by atoms with E-state index in [0.717, 1.165) is 30.8 Å². The van der Waals surface area contributed by atoms with Crippen molar-refractivity contribution >= 4 is 11.6 Å². The second kappa shape index (κ2) is 6.69. The van der Waals surface area contributed by atoms with Crippen molar-refractivity contribution < 1.29 is 9.53 Å². The van der Waals surface area contributed by atoms with Crippen molar-refractivity contribution in [2.24, 2.45) is 0 Å². The third-order valence-corrected chi connectivity index (χ3v) is 4.03. The number of aromatic nitrogens is 1. The average Bonchev–Trinajstić information content (AvgIpc) is 3.04. The maximum absolute atomic E-state index is 12.0. The second-order valence-electron chi connectivity index (χ2n) is 5.74. The van der Waals surface area contributed by atoms with Crippen LogP contribution in [-0.2, 0) is 0 Å². The molecule has 1 atom stereocenters. The van der Waals surface area contributed by atoms with Crippen LogP contribution in [0, 0.1) is 6.92 Å². The molecular weight excluding hydrogens is 290 g/mol. The Morgan fingerprint density at radius 3 is 2.87 bits per heavy atom. The molecule has 5 nitrogen and oxygen atoms in total. The summed E-state index contributed by atoms with van der Waals surface area (Å²) in [6.45, 7) is 3.62. The van der Waals surface area contributed by atoms with E-state index in [9.17, 15) is 4.79 Å². The molecule has 1 fully saturated rings. The summed E-state index contributed by atoms with van der Waals surface area (Å²) in [7, 11) is 1.65. The Morgan fingerprint density at radius 1 is 1.30 bits per heavy atom. The minimum absolute atomic E-state index is 0.0647. The Morgan fingerprint density at radius 2 is 2.13 bits per heavy atom. The molecule has 3 rings (SSSR count). The van der Waals surface area contributed by atoms with E-state index < -0.39 is 0 Å². The number of benzene rings is 1. The van der Waals surface area contributed by atoms with Crippen LogP contribution in [0.2, 0.25) is 0 Å². The summed E-state index contributed by atoms with van der Waals surface area (Å²) in [5.74, 6) is 0.590. The van der Waals surface area contributed by atoms with Crippen LogP contribution < -0.4 is 15.0 Å². The zero-order valence-electron chi connectivity index (χ0n) is 13.5. The van der Waals surface area contributed by atoms with Crippen LogP contribution >= 0.6 is 0 Å². The van der Waals surface area contributed by atoms with Crippen molar-refractivity contribution in [1.29, 1.82) is 0 Å². The quantitative estimate of drug-likeness (QED) is 0.942. The number of anilines is 1. The first-order valence-electron chi connectivity index (χ1n) is 7.83. The van der Waals surface area contributed by atoms with Gasteiger partial charge in [0.25, 0.3) is 5.91 Å². The second-order valence-corrected chi connectivity index (χ2v) is 5.74. The van der Waals surface area contributed by atoms with E-state index in [1.807, 2.05) is 49.5 Å². The number of aryl methyl sites for hydroxylation is 1. The number of para-hydroxylation sites is 1. The molecule has 0 bridgehead atoms. The number of carbonyl (C=O) groups is 1. The molecular formula is C18H21N3O2. The normalized spacial score (nSPS) is 17.1. The minimum atomic E-state index is -0.0647. The Balaban J connectivity index is 1.70. The molecule has 0 unspecified atom stereocenters. The van der Waals surface area contributed by atoms with E-state index in [1.165, 1.54) is 0 Å². The van der Waals surface area contributed by atoms with Gasteiger partial charge in [0.2, 0.25) is 5.88 Å². The molecule has 1 amide bonds. The van der Waals surface area contributed by atoms with Crippen molar-refractivity contribution in [3.05, 3.63) is 53.7 Å². The summed E-state index contributed by atoms with van der Waals surface area (Å²) >= 11 is 0. The van der Waals surface area contributed by atoms with Gasteiger partial charge in [0.1, 0.15) is 6.10 Å². The van der Waals surface area contributed by atoms with E-state index in [4.69, 9.17) is 4.74 Å². The number of nitrogens with one attached hydrogen (secondary N) is 1. The van der Waals surface area contributed by atoms with Crippen molar-refractivity contribution in [3.8, 4) is 5.88 Å².